The first-order valence-electron chi connectivity index (χ1n) is 8.08. The summed E-state index contributed by atoms with van der Waals surface area (Å²) in [6.07, 6.45) is 0.812. The largest absolute Gasteiger partial charge is 0.462 e. The van der Waals surface area contributed by atoms with Crippen molar-refractivity contribution in [2.45, 2.75) is 31.8 Å². The summed E-state index contributed by atoms with van der Waals surface area (Å²) in [5.41, 5.74) is 2.89. The summed E-state index contributed by atoms with van der Waals surface area (Å²) in [6.45, 7) is 2.22. The maximum Gasteiger partial charge on any atom is 0.337 e. The zero-order chi connectivity index (χ0) is 17.7. The van der Waals surface area contributed by atoms with Crippen LogP contribution < -0.4 is 5.32 Å². The van der Waals surface area contributed by atoms with Gasteiger partial charge >= 0.3 is 11.9 Å². The van der Waals surface area contributed by atoms with Crippen LogP contribution in [-0.4, -0.2) is 24.6 Å². The summed E-state index contributed by atoms with van der Waals surface area (Å²) >= 11 is 3.17. The third-order valence-corrected chi connectivity index (χ3v) is 5.33. The second-order valence-electron chi connectivity index (χ2n) is 6.14. The quantitative estimate of drug-likeness (QED) is 0.763. The topological polar surface area (TPSA) is 64.6 Å². The van der Waals surface area contributed by atoms with Gasteiger partial charge in [-0.05, 0) is 40.0 Å². The van der Waals surface area contributed by atoms with Crippen LogP contribution in [0.1, 0.15) is 31.2 Å². The molecule has 0 saturated carbocycles. The number of rotatable bonds is 2. The van der Waals surface area contributed by atoms with E-state index in [0.29, 0.717) is 41.9 Å². The van der Waals surface area contributed by atoms with Gasteiger partial charge in [-0.2, -0.15) is 0 Å². The number of hydrogen-bond donors (Lipinski definition) is 1. The van der Waals surface area contributed by atoms with E-state index in [1.807, 2.05) is 6.92 Å². The van der Waals surface area contributed by atoms with Crippen LogP contribution in [0.15, 0.2) is 45.2 Å². The van der Waals surface area contributed by atoms with Crippen molar-refractivity contribution in [2.75, 3.05) is 6.61 Å². The predicted molar refractivity (Wildman–Crippen MR) is 89.8 cm³/mol. The van der Waals surface area contributed by atoms with Crippen LogP contribution in [0.4, 0.5) is 4.39 Å². The van der Waals surface area contributed by atoms with E-state index in [4.69, 9.17) is 9.47 Å². The van der Waals surface area contributed by atoms with Crippen LogP contribution in [0.25, 0.3) is 0 Å². The number of dihydropyridines is 1. The third kappa shape index (κ3) is 2.49. The highest BCUT2D eigenvalue weighted by Gasteiger charge is 2.46. The van der Waals surface area contributed by atoms with Gasteiger partial charge in [0.25, 0.3) is 0 Å². The van der Waals surface area contributed by atoms with Gasteiger partial charge in [-0.15, -0.1) is 0 Å². The highest BCUT2D eigenvalue weighted by molar-refractivity contribution is 9.10. The maximum absolute atomic E-state index is 13.7. The van der Waals surface area contributed by atoms with Crippen molar-refractivity contribution in [2.24, 2.45) is 0 Å². The molecule has 1 aromatic rings. The van der Waals surface area contributed by atoms with Crippen molar-refractivity contribution >= 4 is 27.9 Å². The molecule has 3 aliphatic rings. The van der Waals surface area contributed by atoms with Crippen molar-refractivity contribution in [1.82, 2.24) is 5.32 Å². The molecule has 0 unspecified atom stereocenters. The minimum atomic E-state index is -0.625. The molecule has 0 aromatic heterocycles. The molecule has 0 spiro atoms. The first-order chi connectivity index (χ1) is 12.0. The lowest BCUT2D eigenvalue weighted by Gasteiger charge is -2.32. The Morgan fingerprint density at radius 3 is 2.80 bits per heavy atom. The standard InChI is InChI=1S/C18H15BrFNO4/c1-2-12-16-15(18(23)25-12)13(8-3-4-10(20)9(19)7-8)14-11(21-16)5-6-24-17(14)22/h3-4,7,12-13,21H,2,5-6H2,1H3/t12-,13-/m1/s1. The smallest absolute Gasteiger partial charge is 0.337 e. The van der Waals surface area contributed by atoms with E-state index >= 15 is 0 Å². The fourth-order valence-electron chi connectivity index (χ4n) is 3.58. The number of esters is 2. The van der Waals surface area contributed by atoms with Crippen molar-refractivity contribution < 1.29 is 23.5 Å². The number of nitrogens with one attached hydrogen (secondary N) is 1. The molecule has 4 rings (SSSR count). The summed E-state index contributed by atoms with van der Waals surface area (Å²) < 4.78 is 24.6. The molecule has 7 heteroatoms. The Balaban J connectivity index is 1.92. The lowest BCUT2D eigenvalue weighted by Crippen LogP contribution is -2.36. The minimum Gasteiger partial charge on any atom is -0.462 e. The molecule has 5 nitrogen and oxygen atoms in total. The number of benzene rings is 1. The van der Waals surface area contributed by atoms with Gasteiger partial charge in [0, 0.05) is 12.1 Å². The van der Waals surface area contributed by atoms with Crippen molar-refractivity contribution in [3.05, 3.63) is 56.6 Å². The number of halogens is 2. The summed E-state index contributed by atoms with van der Waals surface area (Å²) in [6, 6.07) is 4.49. The lowest BCUT2D eigenvalue weighted by molar-refractivity contribution is -0.140. The fraction of sp³-hybridized carbons (Fsp3) is 0.333. The molecule has 0 bridgehead atoms. The Morgan fingerprint density at radius 1 is 1.28 bits per heavy atom. The Labute approximate surface area is 152 Å². The normalized spacial score (nSPS) is 25.2. The molecule has 3 heterocycles. The van der Waals surface area contributed by atoms with Crippen molar-refractivity contribution in [3.63, 3.8) is 0 Å². The molecule has 130 valence electrons. The Bertz CT molecular complexity index is 861. The molecule has 0 amide bonds. The minimum absolute atomic E-state index is 0.274. The van der Waals surface area contributed by atoms with Gasteiger partial charge < -0.3 is 14.8 Å². The highest BCUT2D eigenvalue weighted by atomic mass is 79.9. The molecule has 25 heavy (non-hydrogen) atoms. The Kier molecular flexibility index (Phi) is 3.91. The molecule has 0 fully saturated rings. The van der Waals surface area contributed by atoms with Crippen LogP contribution in [0, 0.1) is 5.82 Å². The van der Waals surface area contributed by atoms with Crippen LogP contribution >= 0.6 is 15.9 Å². The van der Waals surface area contributed by atoms with Gasteiger partial charge in [0.2, 0.25) is 0 Å². The molecule has 2 atom stereocenters. The molecular formula is C18H15BrFNO4. The van der Waals surface area contributed by atoms with E-state index in [1.54, 1.807) is 12.1 Å². The third-order valence-electron chi connectivity index (χ3n) is 4.72. The van der Waals surface area contributed by atoms with E-state index in [1.165, 1.54) is 6.07 Å². The van der Waals surface area contributed by atoms with Gasteiger partial charge in [-0.1, -0.05) is 13.0 Å². The summed E-state index contributed by atoms with van der Waals surface area (Å²) in [7, 11) is 0. The van der Waals surface area contributed by atoms with Gasteiger partial charge in [-0.3, -0.25) is 0 Å². The lowest BCUT2D eigenvalue weighted by atomic mass is 9.79. The second kappa shape index (κ2) is 5.98. The summed E-state index contributed by atoms with van der Waals surface area (Å²) in [5.74, 6) is -1.95. The van der Waals surface area contributed by atoms with E-state index in [-0.39, 0.29) is 10.6 Å². The van der Waals surface area contributed by atoms with Crippen LogP contribution in [0.2, 0.25) is 0 Å². The van der Waals surface area contributed by atoms with Crippen LogP contribution in [0.5, 0.6) is 0 Å². The highest BCUT2D eigenvalue weighted by Crippen LogP contribution is 2.45. The molecular weight excluding hydrogens is 393 g/mol. The van der Waals surface area contributed by atoms with Gasteiger partial charge in [0.05, 0.1) is 33.8 Å². The average molecular weight is 408 g/mol. The van der Waals surface area contributed by atoms with E-state index in [0.717, 1.165) is 5.70 Å². The van der Waals surface area contributed by atoms with Gasteiger partial charge in [0.15, 0.2) is 0 Å². The molecule has 1 N–H and O–H groups in total. The second-order valence-corrected chi connectivity index (χ2v) is 6.99. The first kappa shape index (κ1) is 16.3. The Morgan fingerprint density at radius 2 is 2.08 bits per heavy atom. The van der Waals surface area contributed by atoms with E-state index in [2.05, 4.69) is 21.2 Å². The SMILES string of the molecule is CC[C@H]1OC(=O)C2=C1NC1=C(C(=O)OCC1)[C@H]2c1ccc(F)c(Br)c1. The number of ether oxygens (including phenoxy) is 2. The molecule has 0 radical (unpaired) electrons. The predicted octanol–water partition coefficient (Wildman–Crippen LogP) is 3.07. The Hall–Kier alpha value is -2.15. The molecule has 0 saturated heterocycles. The zero-order valence-electron chi connectivity index (χ0n) is 13.4. The van der Waals surface area contributed by atoms with E-state index < -0.39 is 23.7 Å². The first-order valence-corrected chi connectivity index (χ1v) is 8.87. The number of cyclic esters (lactones) is 2. The average Bonchev–Trinajstić information content (AvgIpc) is 2.92. The van der Waals surface area contributed by atoms with E-state index in [9.17, 15) is 14.0 Å². The number of hydrogen-bond acceptors (Lipinski definition) is 5. The zero-order valence-corrected chi connectivity index (χ0v) is 15.0. The monoisotopic (exact) mass is 407 g/mol. The van der Waals surface area contributed by atoms with Gasteiger partial charge in [-0.25, -0.2) is 14.0 Å². The fourth-order valence-corrected chi connectivity index (χ4v) is 3.98. The van der Waals surface area contributed by atoms with Crippen molar-refractivity contribution in [1.29, 1.82) is 0 Å². The summed E-state index contributed by atoms with van der Waals surface area (Å²) in [5, 5.41) is 3.23. The number of carbonyl (C=O) groups is 2. The summed E-state index contributed by atoms with van der Waals surface area (Å²) in [4.78, 5) is 24.9. The van der Waals surface area contributed by atoms with Crippen LogP contribution in [0.3, 0.4) is 0 Å². The van der Waals surface area contributed by atoms with Crippen LogP contribution in [-0.2, 0) is 19.1 Å². The molecule has 3 aliphatic heterocycles. The maximum atomic E-state index is 13.7. The molecule has 0 aliphatic carbocycles. The van der Waals surface area contributed by atoms with Crippen molar-refractivity contribution in [3.8, 4) is 0 Å². The van der Waals surface area contributed by atoms with Gasteiger partial charge in [0.1, 0.15) is 11.9 Å². The number of carbonyl (C=O) groups excluding carboxylic acids is 2. The molecule has 1 aromatic carbocycles.